The van der Waals surface area contributed by atoms with Crippen molar-refractivity contribution in [2.24, 2.45) is 0 Å². The van der Waals surface area contributed by atoms with Crippen LogP contribution < -0.4 is 9.64 Å². The predicted molar refractivity (Wildman–Crippen MR) is 103 cm³/mol. The van der Waals surface area contributed by atoms with Crippen molar-refractivity contribution < 1.29 is 19.7 Å². The molecule has 0 saturated carbocycles. The van der Waals surface area contributed by atoms with E-state index in [0.29, 0.717) is 27.3 Å². The van der Waals surface area contributed by atoms with Crippen molar-refractivity contribution in [2.75, 3.05) is 11.5 Å². The number of phenols is 2. The van der Waals surface area contributed by atoms with Gasteiger partial charge in [-0.3, -0.25) is 9.69 Å². The van der Waals surface area contributed by atoms with Crippen LogP contribution >= 0.6 is 24.0 Å². The summed E-state index contributed by atoms with van der Waals surface area (Å²) in [5, 5.41) is 19.2. The van der Waals surface area contributed by atoms with E-state index in [2.05, 4.69) is 0 Å². The van der Waals surface area contributed by atoms with E-state index in [4.69, 9.17) is 17.0 Å². The number of thioether (sulfide) groups is 1. The minimum absolute atomic E-state index is 0.0515. The Balaban J connectivity index is 1.90. The molecule has 1 saturated heterocycles. The lowest BCUT2D eigenvalue weighted by Gasteiger charge is -2.14. The summed E-state index contributed by atoms with van der Waals surface area (Å²) in [7, 11) is 0. The summed E-state index contributed by atoms with van der Waals surface area (Å²) >= 11 is 6.52. The van der Waals surface area contributed by atoms with E-state index < -0.39 is 0 Å². The molecule has 1 amide bonds. The molecule has 2 N–H and O–H groups in total. The zero-order valence-electron chi connectivity index (χ0n) is 13.3. The molecule has 1 aliphatic heterocycles. The maximum atomic E-state index is 12.7. The summed E-state index contributed by atoms with van der Waals surface area (Å²) in [6, 6.07) is 11.2. The SMILES string of the molecule is CCOc1cc(/C=C2/SC(=S)N(c3ccc(O)cc3)C2=O)ccc1O. The number of ether oxygens (including phenoxy) is 1. The molecule has 0 atom stereocenters. The van der Waals surface area contributed by atoms with E-state index in [0.717, 1.165) is 5.56 Å². The largest absolute Gasteiger partial charge is 0.508 e. The number of aromatic hydroxyl groups is 2. The number of hydrogen-bond acceptors (Lipinski definition) is 6. The Morgan fingerprint density at radius 2 is 1.92 bits per heavy atom. The van der Waals surface area contributed by atoms with Gasteiger partial charge in [0, 0.05) is 0 Å². The summed E-state index contributed by atoms with van der Waals surface area (Å²) < 4.78 is 5.78. The first-order valence-electron chi connectivity index (χ1n) is 7.52. The fourth-order valence-corrected chi connectivity index (χ4v) is 3.63. The zero-order valence-corrected chi connectivity index (χ0v) is 14.9. The Bertz CT molecular complexity index is 862. The number of nitrogens with zero attached hydrogens (tertiary/aromatic N) is 1. The van der Waals surface area contributed by atoms with Crippen LogP contribution in [0, 0.1) is 0 Å². The molecule has 0 aromatic heterocycles. The predicted octanol–water partition coefficient (Wildman–Crippen LogP) is 3.90. The van der Waals surface area contributed by atoms with Gasteiger partial charge in [-0.15, -0.1) is 0 Å². The van der Waals surface area contributed by atoms with Crippen LogP contribution in [-0.2, 0) is 4.79 Å². The van der Waals surface area contributed by atoms with Crippen molar-refractivity contribution in [1.82, 2.24) is 0 Å². The smallest absolute Gasteiger partial charge is 0.270 e. The average molecular weight is 373 g/mol. The second-order valence-corrected chi connectivity index (χ2v) is 6.87. The van der Waals surface area contributed by atoms with Gasteiger partial charge in [-0.1, -0.05) is 30.0 Å². The quantitative estimate of drug-likeness (QED) is 0.626. The Kier molecular flexibility index (Phi) is 4.96. The fourth-order valence-electron chi connectivity index (χ4n) is 2.34. The number of amides is 1. The van der Waals surface area contributed by atoms with Gasteiger partial charge in [0.2, 0.25) is 0 Å². The monoisotopic (exact) mass is 373 g/mol. The van der Waals surface area contributed by atoms with Crippen LogP contribution in [0.5, 0.6) is 17.2 Å². The van der Waals surface area contributed by atoms with Crippen LogP contribution in [0.25, 0.3) is 6.08 Å². The summed E-state index contributed by atoms with van der Waals surface area (Å²) in [4.78, 5) is 14.6. The average Bonchev–Trinajstić information content (AvgIpc) is 2.86. The lowest BCUT2D eigenvalue weighted by molar-refractivity contribution is -0.113. The molecule has 0 spiro atoms. The lowest BCUT2D eigenvalue weighted by atomic mass is 10.2. The summed E-state index contributed by atoms with van der Waals surface area (Å²) in [5.74, 6) is 0.310. The topological polar surface area (TPSA) is 70.0 Å². The number of phenolic OH excluding ortho intramolecular Hbond substituents is 2. The van der Waals surface area contributed by atoms with Crippen LogP contribution in [-0.4, -0.2) is 27.0 Å². The molecule has 3 rings (SSSR count). The third-order valence-electron chi connectivity index (χ3n) is 3.48. The third-order valence-corrected chi connectivity index (χ3v) is 4.79. The van der Waals surface area contributed by atoms with Crippen LogP contribution in [0.3, 0.4) is 0 Å². The molecule has 1 fully saturated rings. The summed E-state index contributed by atoms with van der Waals surface area (Å²) in [5.41, 5.74) is 1.33. The molecular weight excluding hydrogens is 358 g/mol. The molecule has 0 radical (unpaired) electrons. The van der Waals surface area contributed by atoms with Crippen LogP contribution in [0.1, 0.15) is 12.5 Å². The van der Waals surface area contributed by atoms with Gasteiger partial charge < -0.3 is 14.9 Å². The first-order chi connectivity index (χ1) is 12.0. The van der Waals surface area contributed by atoms with Crippen LogP contribution in [0.2, 0.25) is 0 Å². The van der Waals surface area contributed by atoms with E-state index in [9.17, 15) is 15.0 Å². The Labute approximate surface area is 154 Å². The molecule has 1 aliphatic rings. The van der Waals surface area contributed by atoms with Crippen LogP contribution in [0.15, 0.2) is 47.4 Å². The molecule has 25 heavy (non-hydrogen) atoms. The standard InChI is InChI=1S/C18H15NO4S2/c1-2-23-15-9-11(3-8-14(15)21)10-16-17(22)19(18(24)25-16)12-4-6-13(20)7-5-12/h3-10,20-21H,2H2,1H3/b16-10+. The molecule has 7 heteroatoms. The molecule has 128 valence electrons. The van der Waals surface area contributed by atoms with Gasteiger partial charge in [-0.2, -0.15) is 0 Å². The maximum absolute atomic E-state index is 12.7. The Morgan fingerprint density at radius 1 is 1.20 bits per heavy atom. The highest BCUT2D eigenvalue weighted by atomic mass is 32.2. The van der Waals surface area contributed by atoms with Crippen molar-refractivity contribution in [3.05, 3.63) is 52.9 Å². The van der Waals surface area contributed by atoms with Crippen molar-refractivity contribution >= 4 is 46.0 Å². The summed E-state index contributed by atoms with van der Waals surface area (Å²) in [6.45, 7) is 2.26. The van der Waals surface area contributed by atoms with Crippen molar-refractivity contribution in [3.8, 4) is 17.2 Å². The number of carbonyl (C=O) groups excluding carboxylic acids is 1. The van der Waals surface area contributed by atoms with Crippen molar-refractivity contribution in [3.63, 3.8) is 0 Å². The van der Waals surface area contributed by atoms with Crippen molar-refractivity contribution in [1.29, 1.82) is 0 Å². The highest BCUT2D eigenvalue weighted by molar-refractivity contribution is 8.27. The van der Waals surface area contributed by atoms with Gasteiger partial charge in [-0.25, -0.2) is 0 Å². The molecule has 2 aromatic carbocycles. The lowest BCUT2D eigenvalue weighted by Crippen LogP contribution is -2.27. The van der Waals surface area contributed by atoms with E-state index in [1.807, 2.05) is 6.92 Å². The van der Waals surface area contributed by atoms with E-state index in [-0.39, 0.29) is 17.4 Å². The number of hydrogen-bond donors (Lipinski definition) is 2. The first-order valence-corrected chi connectivity index (χ1v) is 8.75. The van der Waals surface area contributed by atoms with Crippen molar-refractivity contribution in [2.45, 2.75) is 6.92 Å². The molecule has 2 aromatic rings. The summed E-state index contributed by atoms with van der Waals surface area (Å²) in [6.07, 6.45) is 1.71. The number of carbonyl (C=O) groups is 1. The molecule has 0 aliphatic carbocycles. The highest BCUT2D eigenvalue weighted by Crippen LogP contribution is 2.37. The molecular formula is C18H15NO4S2. The molecule has 0 bridgehead atoms. The van der Waals surface area contributed by atoms with E-state index in [1.54, 1.807) is 30.3 Å². The Morgan fingerprint density at radius 3 is 2.60 bits per heavy atom. The molecule has 5 nitrogen and oxygen atoms in total. The van der Waals surface area contributed by atoms with Crippen LogP contribution in [0.4, 0.5) is 5.69 Å². The minimum atomic E-state index is -0.230. The highest BCUT2D eigenvalue weighted by Gasteiger charge is 2.33. The third kappa shape index (κ3) is 3.62. The van der Waals surface area contributed by atoms with Gasteiger partial charge in [0.15, 0.2) is 15.8 Å². The maximum Gasteiger partial charge on any atom is 0.270 e. The van der Waals surface area contributed by atoms with E-state index >= 15 is 0 Å². The molecule has 1 heterocycles. The number of thiocarbonyl (C=S) groups is 1. The Hall–Kier alpha value is -2.51. The number of benzene rings is 2. The molecule has 0 unspecified atom stereocenters. The number of rotatable bonds is 4. The fraction of sp³-hybridized carbons (Fsp3) is 0.111. The van der Waals surface area contributed by atoms with E-state index in [1.165, 1.54) is 34.9 Å². The van der Waals surface area contributed by atoms with Gasteiger partial charge in [0.1, 0.15) is 5.75 Å². The zero-order chi connectivity index (χ0) is 18.0. The van der Waals surface area contributed by atoms with Gasteiger partial charge >= 0.3 is 0 Å². The van der Waals surface area contributed by atoms with Gasteiger partial charge in [0.05, 0.1) is 17.2 Å². The second-order valence-electron chi connectivity index (χ2n) is 5.19. The minimum Gasteiger partial charge on any atom is -0.508 e. The van der Waals surface area contributed by atoms with Gasteiger partial charge in [0.25, 0.3) is 5.91 Å². The second kappa shape index (κ2) is 7.16. The first kappa shape index (κ1) is 17.3. The van der Waals surface area contributed by atoms with Gasteiger partial charge in [-0.05, 0) is 55.0 Å². The normalized spacial score (nSPS) is 15.9. The number of anilines is 1.